The van der Waals surface area contributed by atoms with E-state index in [0.29, 0.717) is 5.92 Å². The molecule has 0 amide bonds. The second-order valence-electron chi connectivity index (χ2n) is 19.2. The summed E-state index contributed by atoms with van der Waals surface area (Å²) in [5.74, 6) is 0.570. The lowest BCUT2D eigenvalue weighted by Gasteiger charge is -2.32. The van der Waals surface area contributed by atoms with Gasteiger partial charge in [-0.15, -0.1) is 0 Å². The molecule has 10 aromatic carbocycles. The molecule has 2 aliphatic carbocycles. The second kappa shape index (κ2) is 16.4. The van der Waals surface area contributed by atoms with Crippen molar-refractivity contribution in [3.63, 3.8) is 0 Å². The summed E-state index contributed by atoms with van der Waals surface area (Å²) in [6, 6.07) is 86.2. The molecule has 1 heterocycles. The van der Waals surface area contributed by atoms with Crippen LogP contribution in [0.3, 0.4) is 0 Å². The standard InChI is InChI=1S/C66H52N2/c1-66(49-25-7-3-8-26-49)60-35-14-11-30-54(60)55-41-39-52(44-61(55)66)67(62-36-15-13-32-57(62)59-34-19-23-46-22-18-33-53(65(46)59)45-20-5-2-6-21-45)51-29-17-24-47(42-51)48-38-40-58-56-31-12-16-37-63(56)68(64(58)43-48)50-27-9-4-10-28-50/h3-4,7-19,22-45H,2,5-6,20-21H2,1H3. The van der Waals surface area contributed by atoms with Gasteiger partial charge >= 0.3 is 0 Å². The lowest BCUT2D eigenvalue weighted by molar-refractivity contribution is 0.445. The summed E-state index contributed by atoms with van der Waals surface area (Å²) in [5.41, 5.74) is 19.6. The molecule has 2 heteroatoms. The van der Waals surface area contributed by atoms with E-state index in [0.717, 1.165) is 22.7 Å². The van der Waals surface area contributed by atoms with E-state index in [-0.39, 0.29) is 5.41 Å². The summed E-state index contributed by atoms with van der Waals surface area (Å²) in [4.78, 5) is 2.54. The molecule has 0 N–H and O–H groups in total. The summed E-state index contributed by atoms with van der Waals surface area (Å²) in [6.45, 7) is 2.42. The van der Waals surface area contributed by atoms with E-state index in [1.54, 1.807) is 0 Å². The second-order valence-corrected chi connectivity index (χ2v) is 19.2. The molecule has 2 nitrogen and oxygen atoms in total. The van der Waals surface area contributed by atoms with E-state index >= 15 is 0 Å². The van der Waals surface area contributed by atoms with Gasteiger partial charge in [0.15, 0.2) is 0 Å². The maximum absolute atomic E-state index is 2.54. The molecule has 68 heavy (non-hydrogen) atoms. The van der Waals surface area contributed by atoms with Crippen LogP contribution in [0.1, 0.15) is 67.2 Å². The van der Waals surface area contributed by atoms with Crippen LogP contribution in [0.25, 0.3) is 71.6 Å². The lowest BCUT2D eigenvalue weighted by Crippen LogP contribution is -2.23. The third-order valence-electron chi connectivity index (χ3n) is 15.4. The van der Waals surface area contributed by atoms with Gasteiger partial charge in [0.25, 0.3) is 0 Å². The first-order valence-electron chi connectivity index (χ1n) is 24.5. The zero-order chi connectivity index (χ0) is 45.2. The molecule has 0 saturated heterocycles. The van der Waals surface area contributed by atoms with E-state index in [1.165, 1.54) is 120 Å². The first kappa shape index (κ1) is 40.3. The van der Waals surface area contributed by atoms with Gasteiger partial charge < -0.3 is 9.47 Å². The molecule has 0 aliphatic heterocycles. The SMILES string of the molecule is CC1(c2ccccc2)c2ccccc2-c2ccc(N(c3cccc(-c4ccc5c6ccccc6n(-c6ccccc6)c5c4)c3)c3ccccc3-c3cccc4cccc(C5CCCCC5)c34)cc21. The smallest absolute Gasteiger partial charge is 0.0547 e. The fourth-order valence-electron chi connectivity index (χ4n) is 12.2. The molecule has 0 spiro atoms. The molecule has 11 aromatic rings. The first-order valence-corrected chi connectivity index (χ1v) is 24.5. The van der Waals surface area contributed by atoms with E-state index in [4.69, 9.17) is 0 Å². The van der Waals surface area contributed by atoms with Crippen LogP contribution in [-0.4, -0.2) is 4.57 Å². The number of benzene rings is 10. The van der Waals surface area contributed by atoms with Crippen molar-refractivity contribution in [1.82, 2.24) is 4.57 Å². The number of para-hydroxylation sites is 3. The predicted molar refractivity (Wildman–Crippen MR) is 287 cm³/mol. The van der Waals surface area contributed by atoms with E-state index in [1.807, 2.05) is 0 Å². The highest BCUT2D eigenvalue weighted by atomic mass is 15.1. The number of rotatable bonds is 8. The fourth-order valence-corrected chi connectivity index (χ4v) is 12.2. The zero-order valence-corrected chi connectivity index (χ0v) is 38.4. The van der Waals surface area contributed by atoms with Crippen LogP contribution in [-0.2, 0) is 5.41 Å². The Labute approximate surface area is 399 Å². The van der Waals surface area contributed by atoms with Crippen LogP contribution in [0.2, 0.25) is 0 Å². The third-order valence-corrected chi connectivity index (χ3v) is 15.4. The number of hydrogen-bond donors (Lipinski definition) is 0. The molecule has 1 saturated carbocycles. The van der Waals surface area contributed by atoms with Crippen molar-refractivity contribution in [1.29, 1.82) is 0 Å². The molecule has 1 unspecified atom stereocenters. The van der Waals surface area contributed by atoms with Crippen molar-refractivity contribution in [3.8, 4) is 39.1 Å². The summed E-state index contributed by atoms with van der Waals surface area (Å²) >= 11 is 0. The number of anilines is 3. The Morgan fingerprint density at radius 1 is 0.441 bits per heavy atom. The molecule has 13 rings (SSSR count). The van der Waals surface area contributed by atoms with Crippen molar-refractivity contribution in [2.75, 3.05) is 4.90 Å². The van der Waals surface area contributed by atoms with Gasteiger partial charge in [0.1, 0.15) is 0 Å². The number of nitrogens with zero attached hydrogens (tertiary/aromatic N) is 2. The van der Waals surface area contributed by atoms with Gasteiger partial charge in [0.2, 0.25) is 0 Å². The Morgan fingerprint density at radius 2 is 1.09 bits per heavy atom. The average molecular weight is 873 g/mol. The van der Waals surface area contributed by atoms with Crippen LogP contribution in [0.15, 0.2) is 231 Å². The molecular formula is C66H52N2. The quantitative estimate of drug-likeness (QED) is 0.148. The molecule has 0 radical (unpaired) electrons. The van der Waals surface area contributed by atoms with Crippen LogP contribution in [0.5, 0.6) is 0 Å². The Balaban J connectivity index is 1.03. The molecule has 1 aromatic heterocycles. The van der Waals surface area contributed by atoms with Crippen LogP contribution >= 0.6 is 0 Å². The minimum absolute atomic E-state index is 0.340. The normalized spacial score (nSPS) is 15.7. The first-order chi connectivity index (χ1) is 33.6. The van der Waals surface area contributed by atoms with Gasteiger partial charge in [-0.25, -0.2) is 0 Å². The Morgan fingerprint density at radius 3 is 1.94 bits per heavy atom. The topological polar surface area (TPSA) is 8.17 Å². The number of hydrogen-bond acceptors (Lipinski definition) is 1. The zero-order valence-electron chi connectivity index (χ0n) is 38.4. The largest absolute Gasteiger partial charge is 0.310 e. The highest BCUT2D eigenvalue weighted by Gasteiger charge is 2.41. The van der Waals surface area contributed by atoms with Crippen LogP contribution in [0, 0.1) is 0 Å². The summed E-state index contributed by atoms with van der Waals surface area (Å²) < 4.78 is 2.42. The Kier molecular flexibility index (Phi) is 9.75. The van der Waals surface area contributed by atoms with Gasteiger partial charge in [-0.1, -0.05) is 195 Å². The molecule has 0 bridgehead atoms. The molecular weight excluding hydrogens is 821 g/mol. The lowest BCUT2D eigenvalue weighted by atomic mass is 9.74. The van der Waals surface area contributed by atoms with Gasteiger partial charge in [0, 0.05) is 38.8 Å². The third kappa shape index (κ3) is 6.46. The molecule has 1 fully saturated rings. The summed E-state index contributed by atoms with van der Waals surface area (Å²) in [5, 5.41) is 5.22. The molecule has 326 valence electrons. The summed E-state index contributed by atoms with van der Waals surface area (Å²) in [6.07, 6.45) is 6.45. The van der Waals surface area contributed by atoms with Crippen molar-refractivity contribution in [3.05, 3.63) is 253 Å². The van der Waals surface area contributed by atoms with Crippen molar-refractivity contribution >= 4 is 49.6 Å². The highest BCUT2D eigenvalue weighted by Crippen LogP contribution is 2.55. The Bertz CT molecular complexity index is 3680. The van der Waals surface area contributed by atoms with Gasteiger partial charge in [-0.3, -0.25) is 0 Å². The average Bonchev–Trinajstić information content (AvgIpc) is 3.88. The maximum atomic E-state index is 2.54. The fraction of sp³-hybridized carbons (Fsp3) is 0.121. The monoisotopic (exact) mass is 872 g/mol. The molecule has 1 atom stereocenters. The number of aromatic nitrogens is 1. The number of fused-ring (bicyclic) bond motifs is 7. The minimum atomic E-state index is -0.340. The van der Waals surface area contributed by atoms with Crippen molar-refractivity contribution in [2.24, 2.45) is 0 Å². The van der Waals surface area contributed by atoms with Gasteiger partial charge in [-0.05, 0) is 141 Å². The van der Waals surface area contributed by atoms with Crippen LogP contribution < -0.4 is 4.90 Å². The van der Waals surface area contributed by atoms with Gasteiger partial charge in [0.05, 0.1) is 16.7 Å². The Hall–Kier alpha value is -7.94. The minimum Gasteiger partial charge on any atom is -0.310 e. The van der Waals surface area contributed by atoms with E-state index in [2.05, 4.69) is 247 Å². The van der Waals surface area contributed by atoms with E-state index in [9.17, 15) is 0 Å². The summed E-state index contributed by atoms with van der Waals surface area (Å²) in [7, 11) is 0. The highest BCUT2D eigenvalue weighted by molar-refractivity contribution is 6.10. The molecule has 2 aliphatic rings. The van der Waals surface area contributed by atoms with Crippen molar-refractivity contribution in [2.45, 2.75) is 50.4 Å². The van der Waals surface area contributed by atoms with E-state index < -0.39 is 0 Å². The maximum Gasteiger partial charge on any atom is 0.0547 e. The van der Waals surface area contributed by atoms with Gasteiger partial charge in [-0.2, -0.15) is 0 Å². The predicted octanol–water partition coefficient (Wildman–Crippen LogP) is 18.1. The van der Waals surface area contributed by atoms with Crippen LogP contribution in [0.4, 0.5) is 17.1 Å². The van der Waals surface area contributed by atoms with Crippen molar-refractivity contribution < 1.29 is 0 Å².